The Morgan fingerprint density at radius 1 is 1.50 bits per heavy atom. The maximum Gasteiger partial charge on any atom is 0.107 e. The monoisotopic (exact) mass is 150 g/mol. The van der Waals surface area contributed by atoms with Gasteiger partial charge >= 0.3 is 0 Å². The van der Waals surface area contributed by atoms with Crippen molar-refractivity contribution in [2.24, 2.45) is 0 Å². The largest absolute Gasteiger partial charge is 0.158 e. The molecular weight excluding hydrogens is 144 g/mol. The SMILES string of the molecule is Cc1csc2ccnnc12. The van der Waals surface area contributed by atoms with Crippen molar-refractivity contribution in [1.82, 2.24) is 10.2 Å². The van der Waals surface area contributed by atoms with Crippen molar-refractivity contribution in [3.05, 3.63) is 23.2 Å². The van der Waals surface area contributed by atoms with Gasteiger partial charge in [-0.2, -0.15) is 5.10 Å². The van der Waals surface area contributed by atoms with Crippen LogP contribution in [0.1, 0.15) is 5.56 Å². The molecule has 0 spiro atoms. The van der Waals surface area contributed by atoms with E-state index in [2.05, 4.69) is 15.6 Å². The number of nitrogens with zero attached hydrogens (tertiary/aromatic N) is 2. The highest BCUT2D eigenvalue weighted by Crippen LogP contribution is 2.21. The molecule has 50 valence electrons. The minimum atomic E-state index is 1.03. The van der Waals surface area contributed by atoms with Gasteiger partial charge in [-0.1, -0.05) is 0 Å². The third-order valence-corrected chi connectivity index (χ3v) is 2.47. The molecule has 0 aliphatic heterocycles. The van der Waals surface area contributed by atoms with Gasteiger partial charge in [-0.3, -0.25) is 0 Å². The van der Waals surface area contributed by atoms with Crippen LogP contribution in [-0.4, -0.2) is 10.2 Å². The summed E-state index contributed by atoms with van der Waals surface area (Å²) in [6.07, 6.45) is 1.72. The summed E-state index contributed by atoms with van der Waals surface area (Å²) in [5.74, 6) is 0. The van der Waals surface area contributed by atoms with E-state index in [1.54, 1.807) is 17.5 Å². The smallest absolute Gasteiger partial charge is 0.107 e. The van der Waals surface area contributed by atoms with Gasteiger partial charge in [-0.05, 0) is 23.9 Å². The summed E-state index contributed by atoms with van der Waals surface area (Å²) in [7, 11) is 0. The standard InChI is InChI=1S/C7H6N2S/c1-5-4-10-6-2-3-8-9-7(5)6/h2-4H,1H3. The molecule has 0 N–H and O–H groups in total. The molecule has 3 heteroatoms. The van der Waals surface area contributed by atoms with Crippen LogP contribution in [0.2, 0.25) is 0 Å². The van der Waals surface area contributed by atoms with E-state index in [0.29, 0.717) is 0 Å². The second-order valence-corrected chi connectivity index (χ2v) is 3.07. The third kappa shape index (κ3) is 0.708. The second-order valence-electron chi connectivity index (χ2n) is 2.16. The molecule has 2 heterocycles. The predicted molar refractivity (Wildman–Crippen MR) is 42.2 cm³/mol. The van der Waals surface area contributed by atoms with Gasteiger partial charge in [0, 0.05) is 0 Å². The minimum Gasteiger partial charge on any atom is -0.158 e. The maximum absolute atomic E-state index is 4.00. The number of rotatable bonds is 0. The van der Waals surface area contributed by atoms with Crippen molar-refractivity contribution in [2.45, 2.75) is 6.92 Å². The quantitative estimate of drug-likeness (QED) is 0.574. The average Bonchev–Trinajstić information content (AvgIpc) is 2.34. The molecule has 0 aliphatic rings. The second kappa shape index (κ2) is 2.02. The Morgan fingerprint density at radius 3 is 3.20 bits per heavy atom. The van der Waals surface area contributed by atoms with E-state index in [4.69, 9.17) is 0 Å². The van der Waals surface area contributed by atoms with Crippen LogP contribution in [0, 0.1) is 6.92 Å². The minimum absolute atomic E-state index is 1.03. The van der Waals surface area contributed by atoms with E-state index in [-0.39, 0.29) is 0 Å². The molecule has 0 aliphatic carbocycles. The van der Waals surface area contributed by atoms with Crippen LogP contribution in [0.5, 0.6) is 0 Å². The van der Waals surface area contributed by atoms with Crippen molar-refractivity contribution in [2.75, 3.05) is 0 Å². The summed E-state index contributed by atoms with van der Waals surface area (Å²) in [6.45, 7) is 2.05. The lowest BCUT2D eigenvalue weighted by Crippen LogP contribution is -1.78. The van der Waals surface area contributed by atoms with Crippen molar-refractivity contribution in [3.8, 4) is 0 Å². The normalized spacial score (nSPS) is 10.5. The zero-order valence-electron chi connectivity index (χ0n) is 5.53. The summed E-state index contributed by atoms with van der Waals surface area (Å²) in [6, 6.07) is 1.99. The van der Waals surface area contributed by atoms with Gasteiger partial charge in [0.15, 0.2) is 0 Å². The molecule has 0 fully saturated rings. The first-order valence-corrected chi connectivity index (χ1v) is 3.91. The molecule has 10 heavy (non-hydrogen) atoms. The summed E-state index contributed by atoms with van der Waals surface area (Å²) < 4.78 is 1.22. The first-order chi connectivity index (χ1) is 4.88. The Balaban J connectivity index is 2.93. The highest BCUT2D eigenvalue weighted by atomic mass is 32.1. The number of aromatic nitrogens is 2. The van der Waals surface area contributed by atoms with Gasteiger partial charge < -0.3 is 0 Å². The van der Waals surface area contributed by atoms with Gasteiger partial charge in [0.2, 0.25) is 0 Å². The molecule has 0 amide bonds. The van der Waals surface area contributed by atoms with Crippen LogP contribution < -0.4 is 0 Å². The fourth-order valence-corrected chi connectivity index (χ4v) is 1.76. The van der Waals surface area contributed by atoms with Crippen LogP contribution in [0.15, 0.2) is 17.6 Å². The van der Waals surface area contributed by atoms with Crippen LogP contribution in [0.25, 0.3) is 10.2 Å². The van der Waals surface area contributed by atoms with E-state index >= 15 is 0 Å². The Hall–Kier alpha value is -0.960. The zero-order valence-corrected chi connectivity index (χ0v) is 6.35. The molecule has 0 radical (unpaired) electrons. The summed E-state index contributed by atoms with van der Waals surface area (Å²) in [5, 5.41) is 9.90. The third-order valence-electron chi connectivity index (χ3n) is 1.42. The van der Waals surface area contributed by atoms with Crippen LogP contribution in [0.3, 0.4) is 0 Å². The molecule has 0 unspecified atom stereocenters. The van der Waals surface area contributed by atoms with Crippen molar-refractivity contribution >= 4 is 21.6 Å². The number of hydrogen-bond acceptors (Lipinski definition) is 3. The van der Waals surface area contributed by atoms with Crippen LogP contribution >= 0.6 is 11.3 Å². The topological polar surface area (TPSA) is 25.8 Å². The number of thiophene rings is 1. The molecule has 0 bridgehead atoms. The summed E-state index contributed by atoms with van der Waals surface area (Å²) in [5.41, 5.74) is 2.25. The Kier molecular flexibility index (Phi) is 1.17. The van der Waals surface area contributed by atoms with E-state index in [0.717, 1.165) is 5.52 Å². The molecule has 2 nitrogen and oxygen atoms in total. The summed E-state index contributed by atoms with van der Waals surface area (Å²) in [4.78, 5) is 0. The lowest BCUT2D eigenvalue weighted by Gasteiger charge is -1.84. The zero-order chi connectivity index (χ0) is 6.97. The summed E-state index contributed by atoms with van der Waals surface area (Å²) >= 11 is 1.71. The Bertz CT molecular complexity index is 353. The van der Waals surface area contributed by atoms with Crippen molar-refractivity contribution in [1.29, 1.82) is 0 Å². The van der Waals surface area contributed by atoms with Crippen molar-refractivity contribution in [3.63, 3.8) is 0 Å². The number of hydrogen-bond donors (Lipinski definition) is 0. The van der Waals surface area contributed by atoms with Crippen molar-refractivity contribution < 1.29 is 0 Å². The highest BCUT2D eigenvalue weighted by molar-refractivity contribution is 7.17. The van der Waals surface area contributed by atoms with Crippen LogP contribution in [0.4, 0.5) is 0 Å². The van der Waals surface area contributed by atoms with Gasteiger partial charge in [-0.15, -0.1) is 16.4 Å². The van der Waals surface area contributed by atoms with Gasteiger partial charge in [0.1, 0.15) is 5.52 Å². The van der Waals surface area contributed by atoms with E-state index in [1.165, 1.54) is 10.3 Å². The molecular formula is C7H6N2S. The molecule has 2 aromatic heterocycles. The average molecular weight is 150 g/mol. The molecule has 0 aromatic carbocycles. The Morgan fingerprint density at radius 2 is 2.40 bits per heavy atom. The molecule has 0 saturated carbocycles. The fourth-order valence-electron chi connectivity index (χ4n) is 0.896. The molecule has 0 atom stereocenters. The Labute approximate surface area is 62.5 Å². The van der Waals surface area contributed by atoms with Crippen LogP contribution in [-0.2, 0) is 0 Å². The van der Waals surface area contributed by atoms with E-state index in [1.807, 2.05) is 13.0 Å². The highest BCUT2D eigenvalue weighted by Gasteiger charge is 1.98. The molecule has 0 saturated heterocycles. The fraction of sp³-hybridized carbons (Fsp3) is 0.143. The number of fused-ring (bicyclic) bond motifs is 1. The lowest BCUT2D eigenvalue weighted by atomic mass is 10.3. The molecule has 2 rings (SSSR count). The van der Waals surface area contributed by atoms with Gasteiger partial charge in [-0.25, -0.2) is 0 Å². The predicted octanol–water partition coefficient (Wildman–Crippen LogP) is 2.00. The lowest BCUT2D eigenvalue weighted by molar-refractivity contribution is 1.07. The van der Waals surface area contributed by atoms with E-state index in [9.17, 15) is 0 Å². The molecule has 2 aromatic rings. The number of aryl methyl sites for hydroxylation is 1. The van der Waals surface area contributed by atoms with Gasteiger partial charge in [0.05, 0.1) is 10.9 Å². The van der Waals surface area contributed by atoms with E-state index < -0.39 is 0 Å². The van der Waals surface area contributed by atoms with Gasteiger partial charge in [0.25, 0.3) is 0 Å². The first-order valence-electron chi connectivity index (χ1n) is 3.03. The first kappa shape index (κ1) is 5.80. The maximum atomic E-state index is 4.00.